The monoisotopic (exact) mass is 518 g/mol. The van der Waals surface area contributed by atoms with Crippen molar-refractivity contribution in [3.05, 3.63) is 65.7 Å². The van der Waals surface area contributed by atoms with Crippen molar-refractivity contribution in [3.8, 4) is 11.5 Å². The van der Waals surface area contributed by atoms with Crippen LogP contribution in [0.1, 0.15) is 11.1 Å². The van der Waals surface area contributed by atoms with E-state index in [4.69, 9.17) is 28.9 Å². The van der Waals surface area contributed by atoms with E-state index in [9.17, 15) is 0 Å². The highest BCUT2D eigenvalue weighted by Crippen LogP contribution is 2.22. The SMILES string of the molecule is Cc1cccc(OCCOc2cccc(C=NNc3cc(N4CCOCC4)nc(N4CCOCC4)n3)c2)c1. The van der Waals surface area contributed by atoms with E-state index in [0.717, 1.165) is 49.1 Å². The summed E-state index contributed by atoms with van der Waals surface area (Å²) in [4.78, 5) is 13.9. The number of aryl methyl sites for hydroxylation is 1. The maximum absolute atomic E-state index is 5.87. The lowest BCUT2D eigenvalue weighted by molar-refractivity contribution is 0.121. The maximum Gasteiger partial charge on any atom is 0.229 e. The minimum Gasteiger partial charge on any atom is -0.490 e. The first-order chi connectivity index (χ1) is 18.7. The van der Waals surface area contributed by atoms with Gasteiger partial charge < -0.3 is 28.7 Å². The van der Waals surface area contributed by atoms with Crippen LogP contribution in [-0.4, -0.2) is 82.0 Å². The molecule has 3 aromatic rings. The summed E-state index contributed by atoms with van der Waals surface area (Å²) in [5.41, 5.74) is 5.16. The van der Waals surface area contributed by atoms with Gasteiger partial charge >= 0.3 is 0 Å². The summed E-state index contributed by atoms with van der Waals surface area (Å²) in [6.07, 6.45) is 1.75. The molecule has 0 radical (unpaired) electrons. The van der Waals surface area contributed by atoms with E-state index < -0.39 is 0 Å². The van der Waals surface area contributed by atoms with Crippen molar-refractivity contribution in [2.45, 2.75) is 6.92 Å². The van der Waals surface area contributed by atoms with E-state index in [1.165, 1.54) is 5.56 Å². The number of morpholine rings is 2. The Morgan fingerprint density at radius 2 is 1.50 bits per heavy atom. The molecule has 1 aromatic heterocycles. The second-order valence-corrected chi connectivity index (χ2v) is 9.07. The lowest BCUT2D eigenvalue weighted by Crippen LogP contribution is -2.39. The summed E-state index contributed by atoms with van der Waals surface area (Å²) < 4.78 is 22.6. The van der Waals surface area contributed by atoms with E-state index >= 15 is 0 Å². The summed E-state index contributed by atoms with van der Waals surface area (Å²) in [5.74, 6) is 3.79. The first-order valence-electron chi connectivity index (χ1n) is 13.0. The van der Waals surface area contributed by atoms with Crippen LogP contribution in [0.2, 0.25) is 0 Å². The zero-order chi connectivity index (χ0) is 26.0. The molecule has 38 heavy (non-hydrogen) atoms. The molecular formula is C28H34N6O4. The maximum atomic E-state index is 5.87. The molecule has 200 valence electrons. The molecule has 3 heterocycles. The topological polar surface area (TPSA) is 93.6 Å². The lowest BCUT2D eigenvalue weighted by atomic mass is 10.2. The number of ether oxygens (including phenoxy) is 4. The number of hydrogen-bond donors (Lipinski definition) is 1. The summed E-state index contributed by atoms with van der Waals surface area (Å²) in [6, 6.07) is 17.7. The van der Waals surface area contributed by atoms with Gasteiger partial charge in [-0.1, -0.05) is 24.3 Å². The van der Waals surface area contributed by atoms with Gasteiger partial charge in [-0.2, -0.15) is 15.1 Å². The van der Waals surface area contributed by atoms with Crippen LogP contribution in [0.5, 0.6) is 11.5 Å². The van der Waals surface area contributed by atoms with Gasteiger partial charge in [-0.25, -0.2) is 0 Å². The van der Waals surface area contributed by atoms with Crippen molar-refractivity contribution < 1.29 is 18.9 Å². The number of nitrogens with one attached hydrogen (secondary N) is 1. The highest BCUT2D eigenvalue weighted by molar-refractivity contribution is 5.80. The number of benzene rings is 2. The Morgan fingerprint density at radius 1 is 0.842 bits per heavy atom. The molecule has 1 N–H and O–H groups in total. The third kappa shape index (κ3) is 7.33. The molecule has 0 aliphatic carbocycles. The molecule has 0 bridgehead atoms. The van der Waals surface area contributed by atoms with Crippen LogP contribution in [0.3, 0.4) is 0 Å². The highest BCUT2D eigenvalue weighted by Gasteiger charge is 2.19. The fraction of sp³-hybridized carbons (Fsp3) is 0.393. The van der Waals surface area contributed by atoms with E-state index in [0.29, 0.717) is 51.4 Å². The molecule has 5 rings (SSSR count). The Hall–Kier alpha value is -3.89. The average molecular weight is 519 g/mol. The van der Waals surface area contributed by atoms with Gasteiger partial charge in [0.05, 0.1) is 32.6 Å². The predicted molar refractivity (Wildman–Crippen MR) is 148 cm³/mol. The smallest absolute Gasteiger partial charge is 0.229 e. The van der Waals surface area contributed by atoms with Crippen LogP contribution in [-0.2, 0) is 9.47 Å². The number of aromatic nitrogens is 2. The fourth-order valence-electron chi connectivity index (χ4n) is 4.22. The van der Waals surface area contributed by atoms with Crippen molar-refractivity contribution >= 4 is 23.8 Å². The van der Waals surface area contributed by atoms with Gasteiger partial charge in [0.25, 0.3) is 0 Å². The van der Waals surface area contributed by atoms with Crippen molar-refractivity contribution in [1.82, 2.24) is 9.97 Å². The van der Waals surface area contributed by atoms with Gasteiger partial charge in [0.15, 0.2) is 5.82 Å². The first kappa shape index (κ1) is 25.7. The van der Waals surface area contributed by atoms with E-state index in [2.05, 4.69) is 20.3 Å². The molecular weight excluding hydrogens is 484 g/mol. The quantitative estimate of drug-likeness (QED) is 0.246. The molecule has 0 amide bonds. The van der Waals surface area contributed by atoms with E-state index in [1.807, 2.05) is 61.5 Å². The minimum absolute atomic E-state index is 0.447. The number of rotatable bonds is 10. The molecule has 2 aliphatic rings. The minimum atomic E-state index is 0.447. The molecule has 0 saturated carbocycles. The molecule has 10 nitrogen and oxygen atoms in total. The van der Waals surface area contributed by atoms with Crippen LogP contribution in [0.4, 0.5) is 17.6 Å². The van der Waals surface area contributed by atoms with Gasteiger partial charge in [0.1, 0.15) is 30.5 Å². The molecule has 2 fully saturated rings. The first-order valence-corrected chi connectivity index (χ1v) is 13.0. The van der Waals surface area contributed by atoms with Gasteiger partial charge in [-0.3, -0.25) is 5.43 Å². The van der Waals surface area contributed by atoms with Crippen LogP contribution in [0.15, 0.2) is 59.7 Å². The Kier molecular flexibility index (Phi) is 8.85. The summed E-state index contributed by atoms with van der Waals surface area (Å²) in [6.45, 7) is 8.79. The molecule has 2 aromatic carbocycles. The van der Waals surface area contributed by atoms with Crippen LogP contribution in [0.25, 0.3) is 0 Å². The Morgan fingerprint density at radius 3 is 2.21 bits per heavy atom. The zero-order valence-electron chi connectivity index (χ0n) is 21.7. The summed E-state index contributed by atoms with van der Waals surface area (Å²) >= 11 is 0. The Balaban J connectivity index is 1.20. The van der Waals surface area contributed by atoms with Crippen molar-refractivity contribution in [3.63, 3.8) is 0 Å². The number of hydrogen-bond acceptors (Lipinski definition) is 10. The standard InChI is InChI=1S/C28H34N6O4/c1-22-4-2-6-24(18-22)37-16-17-38-25-7-3-5-23(19-25)21-29-32-26-20-27(33-8-12-35-13-9-33)31-28(30-26)34-10-14-36-15-11-34/h2-7,18-21H,8-17H2,1H3,(H,30,31,32). The predicted octanol–water partition coefficient (Wildman–Crippen LogP) is 3.36. The third-order valence-electron chi connectivity index (χ3n) is 6.19. The molecule has 0 spiro atoms. The zero-order valence-corrected chi connectivity index (χ0v) is 21.7. The molecule has 0 unspecified atom stereocenters. The molecule has 2 aliphatic heterocycles. The fourth-order valence-corrected chi connectivity index (χ4v) is 4.22. The van der Waals surface area contributed by atoms with Gasteiger partial charge in [-0.15, -0.1) is 0 Å². The van der Waals surface area contributed by atoms with Crippen LogP contribution >= 0.6 is 0 Å². The molecule has 10 heteroatoms. The van der Waals surface area contributed by atoms with Crippen molar-refractivity contribution in [2.75, 3.05) is 81.0 Å². The van der Waals surface area contributed by atoms with Gasteiger partial charge in [0.2, 0.25) is 5.95 Å². The van der Waals surface area contributed by atoms with E-state index in [-0.39, 0.29) is 0 Å². The average Bonchev–Trinajstić information content (AvgIpc) is 2.96. The number of nitrogens with zero attached hydrogens (tertiary/aromatic N) is 5. The Bertz CT molecular complexity index is 1180. The lowest BCUT2D eigenvalue weighted by Gasteiger charge is -2.31. The normalized spacial score (nSPS) is 16.0. The molecule has 2 saturated heterocycles. The van der Waals surface area contributed by atoms with Gasteiger partial charge in [-0.05, 0) is 42.3 Å². The van der Waals surface area contributed by atoms with Crippen LogP contribution < -0.4 is 24.7 Å². The van der Waals surface area contributed by atoms with Gasteiger partial charge in [0, 0.05) is 32.2 Å². The molecule has 0 atom stereocenters. The largest absolute Gasteiger partial charge is 0.490 e. The van der Waals surface area contributed by atoms with Crippen molar-refractivity contribution in [2.24, 2.45) is 5.10 Å². The second kappa shape index (κ2) is 13.1. The van der Waals surface area contributed by atoms with Crippen molar-refractivity contribution in [1.29, 1.82) is 0 Å². The third-order valence-corrected chi connectivity index (χ3v) is 6.19. The second-order valence-electron chi connectivity index (χ2n) is 9.07. The van der Waals surface area contributed by atoms with E-state index in [1.54, 1.807) is 6.21 Å². The number of hydrazone groups is 1. The Labute approximate surface area is 223 Å². The summed E-state index contributed by atoms with van der Waals surface area (Å²) in [7, 11) is 0. The summed E-state index contributed by atoms with van der Waals surface area (Å²) in [5, 5.41) is 4.44. The number of anilines is 3. The highest BCUT2D eigenvalue weighted by atomic mass is 16.5. The van der Waals surface area contributed by atoms with Crippen LogP contribution in [0, 0.1) is 6.92 Å².